The summed E-state index contributed by atoms with van der Waals surface area (Å²) in [6.45, 7) is 1.41. The molecule has 0 saturated carbocycles. The van der Waals surface area contributed by atoms with Crippen LogP contribution in [-0.2, 0) is 0 Å². The van der Waals surface area contributed by atoms with Crippen LogP contribution in [0.1, 0.15) is 24.3 Å². The fraction of sp³-hybridized carbons (Fsp3) is 0.455. The summed E-state index contributed by atoms with van der Waals surface area (Å²) in [4.78, 5) is 0. The van der Waals surface area contributed by atoms with Gasteiger partial charge in [-0.05, 0) is 31.4 Å². The van der Waals surface area contributed by atoms with Crippen molar-refractivity contribution in [2.24, 2.45) is 5.73 Å². The molecule has 0 saturated heterocycles. The third-order valence-electron chi connectivity index (χ3n) is 2.67. The van der Waals surface area contributed by atoms with Crippen molar-refractivity contribution in [1.29, 1.82) is 0 Å². The van der Waals surface area contributed by atoms with E-state index in [0.29, 0.717) is 17.5 Å². The molecular weight excluding hydrogens is 198 g/mol. The summed E-state index contributed by atoms with van der Waals surface area (Å²) in [7, 11) is 0. The van der Waals surface area contributed by atoms with Gasteiger partial charge in [-0.25, -0.2) is 0 Å². The maximum atomic E-state index is 6.07. The topological polar surface area (TPSA) is 35.2 Å². The average molecular weight is 212 g/mol. The van der Waals surface area contributed by atoms with Crippen molar-refractivity contribution in [3.05, 3.63) is 28.8 Å². The van der Waals surface area contributed by atoms with Crippen LogP contribution < -0.4 is 10.5 Å². The van der Waals surface area contributed by atoms with E-state index in [-0.39, 0.29) is 0 Å². The molecule has 1 aliphatic heterocycles. The number of rotatable bonds is 1. The van der Waals surface area contributed by atoms with Crippen LogP contribution in [0.5, 0.6) is 5.75 Å². The quantitative estimate of drug-likeness (QED) is 0.775. The van der Waals surface area contributed by atoms with E-state index >= 15 is 0 Å². The van der Waals surface area contributed by atoms with E-state index in [1.807, 2.05) is 12.1 Å². The summed E-state index contributed by atoms with van der Waals surface area (Å²) >= 11 is 6.07. The lowest BCUT2D eigenvalue weighted by atomic mass is 9.94. The van der Waals surface area contributed by atoms with Crippen LogP contribution in [0.2, 0.25) is 5.02 Å². The Hall–Kier alpha value is -0.730. The van der Waals surface area contributed by atoms with E-state index in [1.165, 1.54) is 0 Å². The lowest BCUT2D eigenvalue weighted by Crippen LogP contribution is -2.11. The molecule has 0 radical (unpaired) electrons. The Morgan fingerprint density at radius 3 is 3.14 bits per heavy atom. The Bertz CT molecular complexity index is 327. The number of hydrogen-bond donors (Lipinski definition) is 1. The maximum Gasteiger partial charge on any atom is 0.141 e. The predicted octanol–water partition coefficient (Wildman–Crippen LogP) is 2.55. The maximum absolute atomic E-state index is 6.07. The molecule has 2 rings (SSSR count). The van der Waals surface area contributed by atoms with Crippen LogP contribution in [0.4, 0.5) is 0 Å². The van der Waals surface area contributed by atoms with E-state index < -0.39 is 0 Å². The molecule has 1 aromatic rings. The largest absolute Gasteiger partial charge is 0.492 e. The van der Waals surface area contributed by atoms with Crippen molar-refractivity contribution in [2.45, 2.75) is 18.8 Å². The van der Waals surface area contributed by atoms with Crippen molar-refractivity contribution in [3.8, 4) is 5.75 Å². The van der Waals surface area contributed by atoms with Crippen LogP contribution in [0.15, 0.2) is 18.2 Å². The Labute approximate surface area is 89.0 Å². The number of halogens is 1. The third-order valence-corrected chi connectivity index (χ3v) is 2.96. The van der Waals surface area contributed by atoms with Crippen LogP contribution in [-0.4, -0.2) is 13.2 Å². The second-order valence-corrected chi connectivity index (χ2v) is 3.99. The van der Waals surface area contributed by atoms with Gasteiger partial charge >= 0.3 is 0 Å². The fourth-order valence-corrected chi connectivity index (χ4v) is 2.14. The van der Waals surface area contributed by atoms with Gasteiger partial charge in [0.1, 0.15) is 5.75 Å². The molecule has 14 heavy (non-hydrogen) atoms. The van der Waals surface area contributed by atoms with E-state index in [1.54, 1.807) is 0 Å². The van der Waals surface area contributed by atoms with Crippen LogP contribution in [0.3, 0.4) is 0 Å². The molecule has 76 valence electrons. The molecule has 3 heteroatoms. The van der Waals surface area contributed by atoms with Gasteiger partial charge in [0.2, 0.25) is 0 Å². The zero-order valence-corrected chi connectivity index (χ0v) is 8.76. The first-order chi connectivity index (χ1) is 6.83. The van der Waals surface area contributed by atoms with E-state index in [4.69, 9.17) is 22.1 Å². The van der Waals surface area contributed by atoms with E-state index in [9.17, 15) is 0 Å². The zero-order chi connectivity index (χ0) is 9.97. The minimum absolute atomic E-state index is 0.395. The van der Waals surface area contributed by atoms with Crippen LogP contribution in [0, 0.1) is 0 Å². The Morgan fingerprint density at radius 2 is 2.36 bits per heavy atom. The number of ether oxygens (including phenoxy) is 1. The summed E-state index contributed by atoms with van der Waals surface area (Å²) in [5, 5.41) is 0.697. The normalized spacial score (nSPS) is 20.9. The Kier molecular flexibility index (Phi) is 2.94. The van der Waals surface area contributed by atoms with Gasteiger partial charge in [0.25, 0.3) is 0 Å². The van der Waals surface area contributed by atoms with E-state index in [2.05, 4.69) is 6.07 Å². The van der Waals surface area contributed by atoms with Crippen molar-refractivity contribution in [1.82, 2.24) is 0 Å². The lowest BCUT2D eigenvalue weighted by molar-refractivity contribution is 0.316. The second kappa shape index (κ2) is 4.20. The second-order valence-electron chi connectivity index (χ2n) is 3.58. The summed E-state index contributed by atoms with van der Waals surface area (Å²) in [6.07, 6.45) is 2.14. The molecule has 1 aliphatic rings. The molecule has 0 fully saturated rings. The highest BCUT2D eigenvalue weighted by Gasteiger charge is 2.19. The minimum Gasteiger partial charge on any atom is -0.492 e. The Morgan fingerprint density at radius 1 is 1.50 bits per heavy atom. The van der Waals surface area contributed by atoms with Crippen molar-refractivity contribution in [3.63, 3.8) is 0 Å². The smallest absolute Gasteiger partial charge is 0.141 e. The van der Waals surface area contributed by atoms with Gasteiger partial charge in [0.15, 0.2) is 0 Å². The van der Waals surface area contributed by atoms with Gasteiger partial charge in [-0.2, -0.15) is 0 Å². The highest BCUT2D eigenvalue weighted by Crippen LogP contribution is 2.37. The number of benzene rings is 1. The molecule has 1 atom stereocenters. The molecule has 2 N–H and O–H groups in total. The third kappa shape index (κ3) is 1.72. The minimum atomic E-state index is 0.395. The molecular formula is C11H14ClNO. The van der Waals surface area contributed by atoms with Gasteiger partial charge in [-0.3, -0.25) is 0 Å². The molecule has 0 spiro atoms. The van der Waals surface area contributed by atoms with Crippen molar-refractivity contribution in [2.75, 3.05) is 13.2 Å². The molecule has 0 aliphatic carbocycles. The molecule has 0 bridgehead atoms. The van der Waals surface area contributed by atoms with Gasteiger partial charge in [-0.1, -0.05) is 23.7 Å². The average Bonchev–Trinajstić information content (AvgIpc) is 2.40. The Balaban J connectivity index is 2.44. The molecule has 2 nitrogen and oxygen atoms in total. The monoisotopic (exact) mass is 211 g/mol. The van der Waals surface area contributed by atoms with Crippen molar-refractivity contribution >= 4 is 11.6 Å². The van der Waals surface area contributed by atoms with E-state index in [0.717, 1.165) is 30.8 Å². The number of nitrogens with two attached hydrogens (primary N) is 1. The first kappa shape index (κ1) is 9.81. The summed E-state index contributed by atoms with van der Waals surface area (Å²) in [6, 6.07) is 5.88. The highest BCUT2D eigenvalue weighted by atomic mass is 35.5. The predicted molar refractivity (Wildman–Crippen MR) is 58.0 cm³/mol. The number of fused-ring (bicyclic) bond motifs is 1. The first-order valence-electron chi connectivity index (χ1n) is 4.94. The molecule has 0 aromatic heterocycles. The van der Waals surface area contributed by atoms with Gasteiger partial charge in [-0.15, -0.1) is 0 Å². The molecule has 0 amide bonds. The summed E-state index contributed by atoms with van der Waals surface area (Å²) in [5.41, 5.74) is 6.90. The SMILES string of the molecule is NCC1CCCOc2c(Cl)cccc21. The van der Waals surface area contributed by atoms with Crippen molar-refractivity contribution < 1.29 is 4.74 Å². The zero-order valence-electron chi connectivity index (χ0n) is 8.00. The van der Waals surface area contributed by atoms with Crippen LogP contribution >= 0.6 is 11.6 Å². The number of hydrogen-bond acceptors (Lipinski definition) is 2. The van der Waals surface area contributed by atoms with Crippen LogP contribution in [0.25, 0.3) is 0 Å². The first-order valence-corrected chi connectivity index (χ1v) is 5.32. The highest BCUT2D eigenvalue weighted by molar-refractivity contribution is 6.32. The molecule has 1 heterocycles. The van der Waals surface area contributed by atoms with Gasteiger partial charge in [0.05, 0.1) is 11.6 Å². The molecule has 1 aromatic carbocycles. The summed E-state index contributed by atoms with van der Waals surface area (Å²) in [5.74, 6) is 1.23. The van der Waals surface area contributed by atoms with Gasteiger partial charge in [0, 0.05) is 5.56 Å². The fourth-order valence-electron chi connectivity index (χ4n) is 1.90. The summed E-state index contributed by atoms with van der Waals surface area (Å²) < 4.78 is 5.62. The standard InChI is InChI=1S/C11H14ClNO/c12-10-5-1-4-9-8(7-13)3-2-6-14-11(9)10/h1,4-5,8H,2-3,6-7,13H2. The van der Waals surface area contributed by atoms with Gasteiger partial charge < -0.3 is 10.5 Å². The number of para-hydroxylation sites is 1. The lowest BCUT2D eigenvalue weighted by Gasteiger charge is -2.14. The molecule has 1 unspecified atom stereocenters.